The molecule has 0 atom stereocenters. The summed E-state index contributed by atoms with van der Waals surface area (Å²) >= 11 is 5.98. The predicted octanol–water partition coefficient (Wildman–Crippen LogP) is 3.34. The molecule has 0 aliphatic carbocycles. The van der Waals surface area contributed by atoms with Crippen LogP contribution in [0.15, 0.2) is 36.5 Å². The van der Waals surface area contributed by atoms with Crippen molar-refractivity contribution in [2.45, 2.75) is 26.3 Å². The number of rotatable bonds is 6. The zero-order valence-electron chi connectivity index (χ0n) is 12.0. The summed E-state index contributed by atoms with van der Waals surface area (Å²) in [5.74, 6) is -0.176. The summed E-state index contributed by atoms with van der Waals surface area (Å²) in [5, 5.41) is 12.3. The van der Waals surface area contributed by atoms with Gasteiger partial charge in [-0.25, -0.2) is 0 Å². The fourth-order valence-corrected chi connectivity index (χ4v) is 2.39. The van der Waals surface area contributed by atoms with E-state index in [2.05, 4.69) is 12.2 Å². The standard InChI is InChI=1S/C16H19ClN2O2/c1-2-8-19-11-13(17)10-15(19)16(21)18-14-5-3-12(4-6-14)7-9-20/h3-6,10-11,20H,2,7-9H2,1H3,(H,18,21). The molecule has 1 amide bonds. The van der Waals surface area contributed by atoms with Crippen LogP contribution in [0.2, 0.25) is 5.02 Å². The molecule has 4 nitrogen and oxygen atoms in total. The second kappa shape index (κ2) is 7.29. The number of carbonyl (C=O) groups excluding carboxylic acids is 1. The normalized spacial score (nSPS) is 10.6. The van der Waals surface area contributed by atoms with E-state index >= 15 is 0 Å². The highest BCUT2D eigenvalue weighted by Gasteiger charge is 2.13. The first-order chi connectivity index (χ1) is 10.1. The van der Waals surface area contributed by atoms with Crippen LogP contribution in [0, 0.1) is 0 Å². The molecule has 0 saturated carbocycles. The molecule has 2 aromatic rings. The highest BCUT2D eigenvalue weighted by molar-refractivity contribution is 6.31. The number of benzene rings is 1. The molecule has 0 fully saturated rings. The zero-order chi connectivity index (χ0) is 15.2. The van der Waals surface area contributed by atoms with E-state index in [9.17, 15) is 4.79 Å². The Balaban J connectivity index is 2.10. The van der Waals surface area contributed by atoms with E-state index in [1.165, 1.54) is 0 Å². The molecule has 2 rings (SSSR count). The molecule has 21 heavy (non-hydrogen) atoms. The number of hydrogen-bond donors (Lipinski definition) is 2. The van der Waals surface area contributed by atoms with E-state index in [1.54, 1.807) is 12.3 Å². The average molecular weight is 307 g/mol. The molecule has 0 unspecified atom stereocenters. The number of nitrogens with zero attached hydrogens (tertiary/aromatic N) is 1. The van der Waals surface area contributed by atoms with Crippen molar-refractivity contribution in [2.24, 2.45) is 0 Å². The van der Waals surface area contributed by atoms with Gasteiger partial charge in [0, 0.05) is 25.0 Å². The number of aromatic nitrogens is 1. The van der Waals surface area contributed by atoms with Gasteiger partial charge in [-0.05, 0) is 36.6 Å². The number of aliphatic hydroxyl groups is 1. The van der Waals surface area contributed by atoms with Gasteiger partial charge in [-0.2, -0.15) is 0 Å². The number of halogens is 1. The Hall–Kier alpha value is -1.78. The molecule has 2 N–H and O–H groups in total. The average Bonchev–Trinajstić information content (AvgIpc) is 2.83. The maximum Gasteiger partial charge on any atom is 0.272 e. The highest BCUT2D eigenvalue weighted by atomic mass is 35.5. The number of amides is 1. The number of aliphatic hydroxyl groups excluding tert-OH is 1. The summed E-state index contributed by atoms with van der Waals surface area (Å²) in [7, 11) is 0. The maximum atomic E-state index is 12.3. The topological polar surface area (TPSA) is 54.3 Å². The minimum atomic E-state index is -0.176. The molecule has 0 radical (unpaired) electrons. The first-order valence-corrected chi connectivity index (χ1v) is 7.38. The van der Waals surface area contributed by atoms with Crippen LogP contribution in [0.1, 0.15) is 29.4 Å². The van der Waals surface area contributed by atoms with Crippen LogP contribution in [0.5, 0.6) is 0 Å². The number of carbonyl (C=O) groups is 1. The first kappa shape index (κ1) is 15.6. The number of aryl methyl sites for hydroxylation is 1. The lowest BCUT2D eigenvalue weighted by atomic mass is 10.1. The Kier molecular flexibility index (Phi) is 5.42. The third-order valence-corrected chi connectivity index (χ3v) is 3.38. The van der Waals surface area contributed by atoms with Crippen molar-refractivity contribution in [3.63, 3.8) is 0 Å². The second-order valence-electron chi connectivity index (χ2n) is 4.86. The Labute approximate surface area is 129 Å². The summed E-state index contributed by atoms with van der Waals surface area (Å²) in [4.78, 5) is 12.3. The van der Waals surface area contributed by atoms with E-state index in [4.69, 9.17) is 16.7 Å². The minimum absolute atomic E-state index is 0.120. The lowest BCUT2D eigenvalue weighted by Crippen LogP contribution is -2.16. The minimum Gasteiger partial charge on any atom is -0.396 e. The predicted molar refractivity (Wildman–Crippen MR) is 84.9 cm³/mol. The van der Waals surface area contributed by atoms with Crippen LogP contribution in [0.4, 0.5) is 5.69 Å². The lowest BCUT2D eigenvalue weighted by molar-refractivity contribution is 0.101. The van der Waals surface area contributed by atoms with Crippen molar-refractivity contribution < 1.29 is 9.90 Å². The van der Waals surface area contributed by atoms with Gasteiger partial charge in [-0.15, -0.1) is 0 Å². The lowest BCUT2D eigenvalue weighted by Gasteiger charge is -2.09. The first-order valence-electron chi connectivity index (χ1n) is 7.01. The quantitative estimate of drug-likeness (QED) is 0.860. The maximum absolute atomic E-state index is 12.3. The van der Waals surface area contributed by atoms with Crippen molar-refractivity contribution in [2.75, 3.05) is 11.9 Å². The molecule has 0 spiro atoms. The summed E-state index contributed by atoms with van der Waals surface area (Å²) in [6.07, 6.45) is 3.31. The van der Waals surface area contributed by atoms with Gasteiger partial charge in [0.15, 0.2) is 0 Å². The second-order valence-corrected chi connectivity index (χ2v) is 5.30. The Morgan fingerprint density at radius 2 is 2.05 bits per heavy atom. The zero-order valence-corrected chi connectivity index (χ0v) is 12.7. The molecule has 0 aliphatic heterocycles. The summed E-state index contributed by atoms with van der Waals surface area (Å²) in [6, 6.07) is 9.12. The smallest absolute Gasteiger partial charge is 0.272 e. The molecule has 0 bridgehead atoms. The number of hydrogen-bond acceptors (Lipinski definition) is 2. The third kappa shape index (κ3) is 4.09. The summed E-state index contributed by atoms with van der Waals surface area (Å²) in [5.41, 5.74) is 2.32. The molecule has 1 aromatic carbocycles. The van der Waals surface area contributed by atoms with Crippen molar-refractivity contribution >= 4 is 23.2 Å². The largest absolute Gasteiger partial charge is 0.396 e. The van der Waals surface area contributed by atoms with Crippen LogP contribution >= 0.6 is 11.6 Å². The van der Waals surface area contributed by atoms with Gasteiger partial charge in [-0.3, -0.25) is 4.79 Å². The molecular weight excluding hydrogens is 288 g/mol. The van der Waals surface area contributed by atoms with Crippen LogP contribution in [-0.4, -0.2) is 22.2 Å². The summed E-state index contributed by atoms with van der Waals surface area (Å²) in [6.45, 7) is 2.93. The van der Waals surface area contributed by atoms with E-state index in [0.29, 0.717) is 17.1 Å². The van der Waals surface area contributed by atoms with Crippen LogP contribution in [0.3, 0.4) is 0 Å². The SMILES string of the molecule is CCCn1cc(Cl)cc1C(=O)Nc1ccc(CCO)cc1. The van der Waals surface area contributed by atoms with Crippen LogP contribution < -0.4 is 5.32 Å². The Bertz CT molecular complexity index is 605. The monoisotopic (exact) mass is 306 g/mol. The Morgan fingerprint density at radius 3 is 2.67 bits per heavy atom. The van der Waals surface area contributed by atoms with Crippen LogP contribution in [-0.2, 0) is 13.0 Å². The Morgan fingerprint density at radius 1 is 1.33 bits per heavy atom. The van der Waals surface area contributed by atoms with E-state index in [0.717, 1.165) is 24.2 Å². The van der Waals surface area contributed by atoms with E-state index in [1.807, 2.05) is 28.8 Å². The van der Waals surface area contributed by atoms with E-state index in [-0.39, 0.29) is 12.5 Å². The van der Waals surface area contributed by atoms with Crippen LogP contribution in [0.25, 0.3) is 0 Å². The molecular formula is C16H19ClN2O2. The van der Waals surface area contributed by atoms with Crippen molar-refractivity contribution in [1.82, 2.24) is 4.57 Å². The highest BCUT2D eigenvalue weighted by Crippen LogP contribution is 2.17. The number of anilines is 1. The molecule has 1 heterocycles. The van der Waals surface area contributed by atoms with Gasteiger partial charge < -0.3 is 15.0 Å². The van der Waals surface area contributed by atoms with Gasteiger partial charge in [0.25, 0.3) is 5.91 Å². The fraction of sp³-hybridized carbons (Fsp3) is 0.312. The van der Waals surface area contributed by atoms with Gasteiger partial charge in [-0.1, -0.05) is 30.7 Å². The number of nitrogens with one attached hydrogen (secondary N) is 1. The molecule has 112 valence electrons. The van der Waals surface area contributed by atoms with E-state index < -0.39 is 0 Å². The van der Waals surface area contributed by atoms with Gasteiger partial charge in [0.1, 0.15) is 5.69 Å². The summed E-state index contributed by atoms with van der Waals surface area (Å²) < 4.78 is 1.86. The third-order valence-electron chi connectivity index (χ3n) is 3.17. The molecule has 1 aromatic heterocycles. The van der Waals surface area contributed by atoms with Crippen molar-refractivity contribution in [3.05, 3.63) is 52.8 Å². The van der Waals surface area contributed by atoms with Crippen molar-refractivity contribution in [1.29, 1.82) is 0 Å². The van der Waals surface area contributed by atoms with Gasteiger partial charge >= 0.3 is 0 Å². The fourth-order valence-electron chi connectivity index (χ4n) is 2.17. The van der Waals surface area contributed by atoms with Gasteiger partial charge in [0.05, 0.1) is 5.02 Å². The molecule has 0 aliphatic rings. The molecule has 0 saturated heterocycles. The molecule has 5 heteroatoms. The van der Waals surface area contributed by atoms with Gasteiger partial charge in [0.2, 0.25) is 0 Å². The van der Waals surface area contributed by atoms with Crippen molar-refractivity contribution in [3.8, 4) is 0 Å².